The second-order valence-electron chi connectivity index (χ2n) is 6.61. The predicted molar refractivity (Wildman–Crippen MR) is 106 cm³/mol. The molecule has 30 heavy (non-hydrogen) atoms. The lowest BCUT2D eigenvalue weighted by Crippen LogP contribution is -2.41. The van der Waals surface area contributed by atoms with E-state index in [1.54, 1.807) is 0 Å². The Morgan fingerprint density at radius 3 is 2.40 bits per heavy atom. The van der Waals surface area contributed by atoms with Crippen LogP contribution in [0.3, 0.4) is 0 Å². The van der Waals surface area contributed by atoms with Crippen LogP contribution in [0.25, 0.3) is 0 Å². The Bertz CT molecular complexity index is 1070. The number of alkyl halides is 3. The van der Waals surface area contributed by atoms with Gasteiger partial charge in [0.25, 0.3) is 5.91 Å². The Balaban J connectivity index is 1.82. The number of hydrogen-bond acceptors (Lipinski definition) is 6. The number of benzene rings is 1. The Kier molecular flexibility index (Phi) is 6.44. The summed E-state index contributed by atoms with van der Waals surface area (Å²) in [6.45, 7) is 0. The fraction of sp³-hybridized carbons (Fsp3) is 0.353. The maximum absolute atomic E-state index is 13.5. The van der Waals surface area contributed by atoms with E-state index in [2.05, 4.69) is 20.6 Å². The molecule has 162 valence electrons. The van der Waals surface area contributed by atoms with Crippen LogP contribution >= 0.6 is 23.2 Å². The van der Waals surface area contributed by atoms with Gasteiger partial charge in [0.1, 0.15) is 9.84 Å². The third kappa shape index (κ3) is 5.52. The molecule has 1 aliphatic rings. The molecule has 0 saturated carbocycles. The minimum absolute atomic E-state index is 0.132. The molecular weight excluding hydrogens is 468 g/mol. The van der Waals surface area contributed by atoms with Crippen molar-refractivity contribution >= 4 is 50.6 Å². The minimum atomic E-state index is -4.92. The van der Waals surface area contributed by atoms with Crippen molar-refractivity contribution in [3.8, 4) is 0 Å². The fourth-order valence-electron chi connectivity index (χ4n) is 2.82. The summed E-state index contributed by atoms with van der Waals surface area (Å²) in [7, 11) is -3.17. The van der Waals surface area contributed by atoms with Crippen LogP contribution in [-0.2, 0) is 16.0 Å². The molecule has 2 aromatic rings. The van der Waals surface area contributed by atoms with Gasteiger partial charge in [0.15, 0.2) is 5.69 Å². The zero-order chi connectivity index (χ0) is 22.1. The molecule has 3 rings (SSSR count). The van der Waals surface area contributed by atoms with Crippen LogP contribution in [0, 0.1) is 0 Å². The van der Waals surface area contributed by atoms with Crippen molar-refractivity contribution in [2.24, 2.45) is 0 Å². The Morgan fingerprint density at radius 2 is 1.80 bits per heavy atom. The summed E-state index contributed by atoms with van der Waals surface area (Å²) in [6, 6.07) is 3.76. The van der Waals surface area contributed by atoms with E-state index >= 15 is 0 Å². The molecule has 1 saturated heterocycles. The molecule has 1 fully saturated rings. The van der Waals surface area contributed by atoms with E-state index in [-0.39, 0.29) is 40.3 Å². The molecule has 1 aromatic heterocycles. The van der Waals surface area contributed by atoms with Crippen LogP contribution in [0.4, 0.5) is 24.8 Å². The molecule has 1 amide bonds. The number of halogens is 5. The Morgan fingerprint density at radius 1 is 1.13 bits per heavy atom. The summed E-state index contributed by atoms with van der Waals surface area (Å²) < 4.78 is 63.4. The second kappa shape index (κ2) is 8.56. The lowest BCUT2D eigenvalue weighted by molar-refractivity contribution is -0.141. The number of carbonyl (C=O) groups is 1. The van der Waals surface area contributed by atoms with Crippen molar-refractivity contribution in [2.45, 2.75) is 25.1 Å². The highest BCUT2D eigenvalue weighted by atomic mass is 35.5. The van der Waals surface area contributed by atoms with Gasteiger partial charge in [-0.05, 0) is 31.0 Å². The smallest absolute Gasteiger partial charge is 0.349 e. The largest absolute Gasteiger partial charge is 0.434 e. The zero-order valence-corrected chi connectivity index (χ0v) is 17.5. The van der Waals surface area contributed by atoms with Crippen molar-refractivity contribution in [1.82, 2.24) is 15.3 Å². The van der Waals surface area contributed by atoms with Crippen molar-refractivity contribution in [3.63, 3.8) is 0 Å². The van der Waals surface area contributed by atoms with Crippen LogP contribution < -0.4 is 10.6 Å². The van der Waals surface area contributed by atoms with E-state index in [1.807, 2.05) is 0 Å². The van der Waals surface area contributed by atoms with Gasteiger partial charge >= 0.3 is 6.18 Å². The monoisotopic (exact) mass is 482 g/mol. The molecule has 2 heterocycles. The van der Waals surface area contributed by atoms with Crippen LogP contribution in [-0.4, -0.2) is 41.8 Å². The normalized spacial score (nSPS) is 16.8. The van der Waals surface area contributed by atoms with E-state index in [9.17, 15) is 26.4 Å². The number of amides is 1. The van der Waals surface area contributed by atoms with Gasteiger partial charge in [-0.25, -0.2) is 18.4 Å². The number of rotatable bonds is 4. The van der Waals surface area contributed by atoms with Gasteiger partial charge in [-0.15, -0.1) is 0 Å². The van der Waals surface area contributed by atoms with E-state index in [0.29, 0.717) is 5.69 Å². The molecule has 0 bridgehead atoms. The number of nitrogens with zero attached hydrogens (tertiary/aromatic N) is 2. The van der Waals surface area contributed by atoms with Crippen molar-refractivity contribution < 1.29 is 26.4 Å². The highest BCUT2D eigenvalue weighted by molar-refractivity contribution is 7.91. The van der Waals surface area contributed by atoms with Gasteiger partial charge in [-0.3, -0.25) is 4.79 Å². The number of carbonyl (C=O) groups excluding carboxylic acids is 1. The molecule has 2 N–H and O–H groups in total. The Hall–Kier alpha value is -2.11. The van der Waals surface area contributed by atoms with E-state index in [4.69, 9.17) is 23.2 Å². The summed E-state index contributed by atoms with van der Waals surface area (Å²) in [4.78, 5) is 19.6. The molecule has 7 nitrogen and oxygen atoms in total. The van der Waals surface area contributed by atoms with Gasteiger partial charge < -0.3 is 10.6 Å². The average molecular weight is 483 g/mol. The summed E-state index contributed by atoms with van der Waals surface area (Å²) in [5.74, 6) is -1.67. The first-order valence-corrected chi connectivity index (χ1v) is 11.2. The van der Waals surface area contributed by atoms with Crippen LogP contribution in [0.2, 0.25) is 10.0 Å². The third-order valence-corrected chi connectivity index (χ3v) is 6.82. The predicted octanol–water partition coefficient (Wildman–Crippen LogP) is 3.85. The Labute approximate surface area is 179 Å². The minimum Gasteiger partial charge on any atom is -0.349 e. The fourth-order valence-corrected chi connectivity index (χ4v) is 4.61. The van der Waals surface area contributed by atoms with Gasteiger partial charge in [0.2, 0.25) is 5.95 Å². The molecule has 0 spiro atoms. The second-order valence-corrected chi connectivity index (χ2v) is 9.73. The molecule has 13 heteroatoms. The topological polar surface area (TPSA) is 101 Å². The third-order valence-electron chi connectivity index (χ3n) is 4.37. The number of hydrogen-bond donors (Lipinski definition) is 2. The molecule has 0 unspecified atom stereocenters. The first kappa shape index (κ1) is 22.6. The van der Waals surface area contributed by atoms with Crippen molar-refractivity contribution in [3.05, 3.63) is 45.7 Å². The summed E-state index contributed by atoms with van der Waals surface area (Å²) in [5.41, 5.74) is -1.87. The highest BCUT2D eigenvalue weighted by Crippen LogP contribution is 2.32. The maximum atomic E-state index is 13.5. The van der Waals surface area contributed by atoms with Gasteiger partial charge in [0, 0.05) is 17.9 Å². The maximum Gasteiger partial charge on any atom is 0.434 e. The first-order valence-electron chi connectivity index (χ1n) is 8.62. The molecule has 0 radical (unpaired) electrons. The van der Waals surface area contributed by atoms with E-state index < -0.39 is 39.2 Å². The lowest BCUT2D eigenvalue weighted by Gasteiger charge is -2.23. The number of anilines is 2. The zero-order valence-electron chi connectivity index (χ0n) is 15.1. The summed E-state index contributed by atoms with van der Waals surface area (Å²) in [6.07, 6.45) is -3.88. The summed E-state index contributed by atoms with van der Waals surface area (Å²) >= 11 is 11.7. The first-order chi connectivity index (χ1) is 13.9. The highest BCUT2D eigenvalue weighted by Gasteiger charge is 2.38. The van der Waals surface area contributed by atoms with E-state index in [1.165, 1.54) is 18.2 Å². The number of nitrogens with one attached hydrogen (secondary N) is 2. The molecule has 1 aromatic carbocycles. The molecule has 0 aliphatic carbocycles. The van der Waals surface area contributed by atoms with Crippen molar-refractivity contribution in [1.29, 1.82) is 0 Å². The quantitative estimate of drug-likeness (QED) is 0.686. The van der Waals surface area contributed by atoms with Gasteiger partial charge in [0.05, 0.1) is 27.1 Å². The standard InChI is InChI=1S/C17H15Cl2F3N4O3S/c18-12-2-1-10(7-13(12)19)25-16-23-8-11(14(26-16)17(20,21)22)15(27)24-9-3-5-30(28,29)6-4-9/h1-2,7-9H,3-6H2,(H,24,27)(H,23,25,26). The van der Waals surface area contributed by atoms with Crippen molar-refractivity contribution in [2.75, 3.05) is 16.8 Å². The summed E-state index contributed by atoms with van der Waals surface area (Å²) in [5, 5.41) is 5.46. The SMILES string of the molecule is O=C(NC1CCS(=O)(=O)CC1)c1cnc(Nc2ccc(Cl)c(Cl)c2)nc1C(F)(F)F. The number of sulfone groups is 1. The molecule has 1 aliphatic heterocycles. The van der Waals surface area contributed by atoms with E-state index in [0.717, 1.165) is 6.20 Å². The molecule has 0 atom stereocenters. The molecular formula is C17H15Cl2F3N4O3S. The van der Waals surface area contributed by atoms with Crippen LogP contribution in [0.15, 0.2) is 24.4 Å². The number of aromatic nitrogens is 2. The van der Waals surface area contributed by atoms with Gasteiger partial charge in [-0.1, -0.05) is 23.2 Å². The van der Waals surface area contributed by atoms with Crippen LogP contribution in [0.1, 0.15) is 28.9 Å². The average Bonchev–Trinajstić information content (AvgIpc) is 2.65. The van der Waals surface area contributed by atoms with Crippen LogP contribution in [0.5, 0.6) is 0 Å². The lowest BCUT2D eigenvalue weighted by atomic mass is 10.1. The van der Waals surface area contributed by atoms with Gasteiger partial charge in [-0.2, -0.15) is 13.2 Å².